The summed E-state index contributed by atoms with van der Waals surface area (Å²) in [5, 5.41) is 8.53. The minimum absolute atomic E-state index is 0.730. The molecular weight excluding hydrogens is 350 g/mol. The number of nitrogens with zero attached hydrogens (tertiary/aromatic N) is 1. The Bertz CT molecular complexity index is 674. The van der Waals surface area contributed by atoms with E-state index in [1.165, 1.54) is 82.6 Å². The highest BCUT2D eigenvalue weighted by molar-refractivity contribution is 5.26. The number of allylic oxidation sites excluding steroid dienone is 4. The fourth-order valence-corrected chi connectivity index (χ4v) is 5.49. The minimum Gasteiger partial charge on any atom is -0.193 e. The van der Waals surface area contributed by atoms with Gasteiger partial charge in [0.15, 0.2) is 0 Å². The smallest absolute Gasteiger partial charge is 0.0912 e. The molecule has 0 bridgehead atoms. The molecule has 2 aliphatic rings. The lowest BCUT2D eigenvalue weighted by atomic mass is 9.74. The van der Waals surface area contributed by atoms with Gasteiger partial charge in [-0.2, -0.15) is 5.26 Å². The van der Waals surface area contributed by atoms with Crippen molar-refractivity contribution < 1.29 is 0 Å². The normalized spacial score (nSPS) is 28.0. The Balaban J connectivity index is 1.33. The summed E-state index contributed by atoms with van der Waals surface area (Å²) in [6.07, 6.45) is 24.3. The van der Waals surface area contributed by atoms with E-state index in [-0.39, 0.29) is 0 Å². The van der Waals surface area contributed by atoms with E-state index in [9.17, 15) is 0 Å². The summed E-state index contributed by atoms with van der Waals surface area (Å²) >= 11 is 0. The van der Waals surface area contributed by atoms with Gasteiger partial charge in [0.2, 0.25) is 0 Å². The molecule has 1 aromatic carbocycles. The van der Waals surface area contributed by atoms with Crippen molar-refractivity contribution in [2.24, 2.45) is 17.8 Å². The van der Waals surface area contributed by atoms with Crippen molar-refractivity contribution in [3.63, 3.8) is 0 Å². The zero-order valence-corrected chi connectivity index (χ0v) is 18.4. The van der Waals surface area contributed by atoms with Gasteiger partial charge in [0.1, 0.15) is 0 Å². The Morgan fingerprint density at radius 1 is 0.862 bits per heavy atom. The fraction of sp³-hybridized carbons (Fsp3) is 0.607. The molecule has 29 heavy (non-hydrogen) atoms. The lowest BCUT2D eigenvalue weighted by molar-refractivity contribution is 0.246. The Morgan fingerprint density at radius 2 is 1.48 bits per heavy atom. The number of rotatable bonds is 8. The Morgan fingerprint density at radius 3 is 2.07 bits per heavy atom. The lowest BCUT2D eigenvalue weighted by Gasteiger charge is -2.31. The quantitative estimate of drug-likeness (QED) is 0.325. The van der Waals surface area contributed by atoms with Crippen LogP contribution in [0.5, 0.6) is 0 Å². The first-order valence-electron chi connectivity index (χ1n) is 12.1. The van der Waals surface area contributed by atoms with Crippen LogP contribution in [0.3, 0.4) is 0 Å². The molecule has 0 aliphatic heterocycles. The number of hydrogen-bond acceptors (Lipinski definition) is 1. The second-order valence-corrected chi connectivity index (χ2v) is 9.44. The van der Waals surface area contributed by atoms with E-state index >= 15 is 0 Å². The molecule has 0 spiro atoms. The summed E-state index contributed by atoms with van der Waals surface area (Å²) in [7, 11) is 0. The van der Waals surface area contributed by atoms with E-state index < -0.39 is 0 Å². The molecule has 2 fully saturated rings. The second kappa shape index (κ2) is 12.0. The van der Waals surface area contributed by atoms with Crippen molar-refractivity contribution in [2.45, 2.75) is 89.9 Å². The molecule has 3 rings (SSSR count). The molecule has 0 N–H and O–H groups in total. The Labute approximate surface area is 178 Å². The van der Waals surface area contributed by atoms with Gasteiger partial charge in [-0.1, -0.05) is 68.7 Å². The largest absolute Gasteiger partial charge is 0.193 e. The van der Waals surface area contributed by atoms with Crippen LogP contribution < -0.4 is 0 Å². The zero-order valence-electron chi connectivity index (χ0n) is 18.4. The average Bonchev–Trinajstić information content (AvgIpc) is 2.77. The van der Waals surface area contributed by atoms with Crippen LogP contribution in [-0.2, 0) is 6.42 Å². The summed E-state index contributed by atoms with van der Waals surface area (Å²) in [6, 6.07) is 11.6. The van der Waals surface area contributed by atoms with Gasteiger partial charge in [0, 0.05) is 6.08 Å². The van der Waals surface area contributed by atoms with Gasteiger partial charge in [-0.15, -0.1) is 0 Å². The highest BCUT2D eigenvalue weighted by Crippen LogP contribution is 2.40. The Hall–Kier alpha value is -1.81. The van der Waals surface area contributed by atoms with Gasteiger partial charge >= 0.3 is 0 Å². The van der Waals surface area contributed by atoms with Gasteiger partial charge in [-0.3, -0.25) is 0 Å². The van der Waals surface area contributed by atoms with Gasteiger partial charge < -0.3 is 0 Å². The third-order valence-electron chi connectivity index (χ3n) is 7.38. The van der Waals surface area contributed by atoms with E-state index in [2.05, 4.69) is 43.3 Å². The fourth-order valence-electron chi connectivity index (χ4n) is 5.49. The highest BCUT2D eigenvalue weighted by Gasteiger charge is 2.24. The number of aryl methyl sites for hydroxylation is 1. The summed E-state index contributed by atoms with van der Waals surface area (Å²) in [5.41, 5.74) is 3.08. The van der Waals surface area contributed by atoms with Crippen LogP contribution in [0.15, 0.2) is 48.6 Å². The van der Waals surface area contributed by atoms with Crippen LogP contribution in [0, 0.1) is 29.1 Å². The van der Waals surface area contributed by atoms with Crippen molar-refractivity contribution in [1.29, 1.82) is 5.26 Å². The van der Waals surface area contributed by atoms with Crippen LogP contribution in [0.25, 0.3) is 0 Å². The molecule has 0 radical (unpaired) electrons. The first kappa shape index (κ1) is 21.9. The molecular formula is C28H39N. The summed E-state index contributed by atoms with van der Waals surface area (Å²) in [4.78, 5) is 0. The molecule has 0 unspecified atom stereocenters. The molecule has 0 atom stereocenters. The molecule has 2 aliphatic carbocycles. The first-order chi connectivity index (χ1) is 14.3. The van der Waals surface area contributed by atoms with Gasteiger partial charge in [-0.05, 0) is 92.6 Å². The van der Waals surface area contributed by atoms with E-state index in [0.29, 0.717) is 0 Å². The molecule has 156 valence electrons. The second-order valence-electron chi connectivity index (χ2n) is 9.44. The van der Waals surface area contributed by atoms with Crippen molar-refractivity contribution in [3.8, 4) is 6.07 Å². The van der Waals surface area contributed by atoms with Gasteiger partial charge in [0.05, 0.1) is 6.07 Å². The summed E-state index contributed by atoms with van der Waals surface area (Å²) < 4.78 is 0. The van der Waals surface area contributed by atoms with Crippen molar-refractivity contribution in [3.05, 3.63) is 59.7 Å². The van der Waals surface area contributed by atoms with Crippen molar-refractivity contribution >= 4 is 0 Å². The third-order valence-corrected chi connectivity index (χ3v) is 7.38. The molecule has 1 aromatic rings. The third kappa shape index (κ3) is 7.18. The summed E-state index contributed by atoms with van der Waals surface area (Å²) in [6.45, 7) is 2.26. The summed E-state index contributed by atoms with van der Waals surface area (Å²) in [5.74, 6) is 3.46. The minimum atomic E-state index is 0.730. The van der Waals surface area contributed by atoms with Crippen LogP contribution in [-0.4, -0.2) is 0 Å². The maximum absolute atomic E-state index is 8.53. The molecule has 0 saturated heterocycles. The van der Waals surface area contributed by atoms with E-state index in [4.69, 9.17) is 5.26 Å². The van der Waals surface area contributed by atoms with Gasteiger partial charge in [-0.25, -0.2) is 0 Å². The molecule has 1 nitrogen and oxygen atoms in total. The predicted molar refractivity (Wildman–Crippen MR) is 124 cm³/mol. The van der Waals surface area contributed by atoms with E-state index in [0.717, 1.165) is 23.7 Å². The molecule has 0 aromatic heterocycles. The van der Waals surface area contributed by atoms with Crippen molar-refractivity contribution in [1.82, 2.24) is 0 Å². The molecule has 0 amide bonds. The zero-order chi connectivity index (χ0) is 20.3. The van der Waals surface area contributed by atoms with E-state index in [1.807, 2.05) is 12.1 Å². The van der Waals surface area contributed by atoms with Crippen LogP contribution in [0.1, 0.15) is 94.6 Å². The number of benzene rings is 1. The predicted octanol–water partition coefficient (Wildman–Crippen LogP) is 8.14. The Kier molecular flexibility index (Phi) is 9.07. The number of nitriles is 1. The van der Waals surface area contributed by atoms with Crippen LogP contribution in [0.2, 0.25) is 0 Å². The maximum Gasteiger partial charge on any atom is 0.0912 e. The van der Waals surface area contributed by atoms with Crippen LogP contribution in [0.4, 0.5) is 0 Å². The van der Waals surface area contributed by atoms with E-state index in [1.54, 1.807) is 11.6 Å². The van der Waals surface area contributed by atoms with Crippen LogP contribution >= 0.6 is 0 Å². The lowest BCUT2D eigenvalue weighted by Crippen LogP contribution is -2.17. The highest BCUT2D eigenvalue weighted by atomic mass is 14.3. The molecule has 1 heteroatoms. The first-order valence-corrected chi connectivity index (χ1v) is 12.1. The standard InChI is InChI=1S/C28H39N/c1-2-6-23-14-18-27(19-15-23)28-20-16-26(17-21-28)13-12-25-10-8-24(9-11-25)7-4-3-5-22-29/h3-5,7,14-15,18-19,24-26,28H,2,6,8-13,16-17,20-21H2,1H3/b5-3+,7-4+. The topological polar surface area (TPSA) is 23.8 Å². The molecule has 0 heterocycles. The SMILES string of the molecule is CCCc1ccc(C2CCC(CCC3CCC(/C=C/C=C/C#N)CC3)CC2)cc1. The van der Waals surface area contributed by atoms with Crippen molar-refractivity contribution in [2.75, 3.05) is 0 Å². The maximum atomic E-state index is 8.53. The number of hydrogen-bond donors (Lipinski definition) is 0. The monoisotopic (exact) mass is 389 g/mol. The van der Waals surface area contributed by atoms with Gasteiger partial charge in [0.25, 0.3) is 0 Å². The molecule has 2 saturated carbocycles. The average molecular weight is 390 g/mol.